The van der Waals surface area contributed by atoms with E-state index in [0.29, 0.717) is 12.1 Å². The standard InChI is InChI=1S/C20H27N3O2/c1-14(24)22(2)16-9-12-23(13-16)15-7-10-20(11-8-15)17-5-3-4-6-18(17)21-19(20)25/h3-6,15-16H,7-13H2,1-2H3,(H,21,25)/t15?,16-,20?/m1/s1. The van der Waals surface area contributed by atoms with Gasteiger partial charge in [0.2, 0.25) is 11.8 Å². The third kappa shape index (κ3) is 2.65. The minimum absolute atomic E-state index is 0.147. The van der Waals surface area contributed by atoms with Gasteiger partial charge in [-0.05, 0) is 43.7 Å². The van der Waals surface area contributed by atoms with Gasteiger partial charge in [-0.25, -0.2) is 0 Å². The second-order valence-corrected chi connectivity index (χ2v) is 7.88. The number of hydrogen-bond acceptors (Lipinski definition) is 3. The monoisotopic (exact) mass is 341 g/mol. The first-order valence-corrected chi connectivity index (χ1v) is 9.40. The van der Waals surface area contributed by atoms with Crippen molar-refractivity contribution in [1.82, 2.24) is 9.80 Å². The maximum atomic E-state index is 12.7. The molecule has 2 fully saturated rings. The molecule has 1 aromatic rings. The minimum Gasteiger partial charge on any atom is -0.342 e. The molecule has 5 nitrogen and oxygen atoms in total. The number of hydrogen-bond donors (Lipinski definition) is 1. The van der Waals surface area contributed by atoms with Crippen LogP contribution < -0.4 is 5.32 Å². The molecule has 1 aromatic carbocycles. The van der Waals surface area contributed by atoms with Gasteiger partial charge in [0.1, 0.15) is 0 Å². The average molecular weight is 341 g/mol. The van der Waals surface area contributed by atoms with E-state index in [1.54, 1.807) is 6.92 Å². The number of carbonyl (C=O) groups excluding carboxylic acids is 2. The molecule has 0 aromatic heterocycles. The number of fused-ring (bicyclic) bond motifs is 2. The van der Waals surface area contributed by atoms with Crippen molar-refractivity contribution in [3.63, 3.8) is 0 Å². The highest BCUT2D eigenvalue weighted by atomic mass is 16.2. The Morgan fingerprint density at radius 2 is 1.96 bits per heavy atom. The first kappa shape index (κ1) is 16.6. The Morgan fingerprint density at radius 1 is 1.24 bits per heavy atom. The summed E-state index contributed by atoms with van der Waals surface area (Å²) in [7, 11) is 1.91. The van der Waals surface area contributed by atoms with Crippen LogP contribution in [0.2, 0.25) is 0 Å². The van der Waals surface area contributed by atoms with Crippen LogP contribution in [-0.2, 0) is 15.0 Å². The topological polar surface area (TPSA) is 52.7 Å². The van der Waals surface area contributed by atoms with Crippen LogP contribution in [0.3, 0.4) is 0 Å². The lowest BCUT2D eigenvalue weighted by Crippen LogP contribution is -2.45. The van der Waals surface area contributed by atoms with E-state index < -0.39 is 0 Å². The third-order valence-electron chi connectivity index (χ3n) is 6.69. The quantitative estimate of drug-likeness (QED) is 0.898. The van der Waals surface area contributed by atoms with Crippen LogP contribution >= 0.6 is 0 Å². The number of para-hydroxylation sites is 1. The van der Waals surface area contributed by atoms with Crippen molar-refractivity contribution in [3.8, 4) is 0 Å². The van der Waals surface area contributed by atoms with Crippen LogP contribution in [0, 0.1) is 0 Å². The molecule has 4 rings (SSSR count). The van der Waals surface area contributed by atoms with Crippen LogP contribution in [0.4, 0.5) is 5.69 Å². The summed E-state index contributed by atoms with van der Waals surface area (Å²) in [6.07, 6.45) is 5.01. The summed E-state index contributed by atoms with van der Waals surface area (Å²) < 4.78 is 0. The van der Waals surface area contributed by atoms with Gasteiger partial charge in [0.05, 0.1) is 5.41 Å². The predicted molar refractivity (Wildman–Crippen MR) is 97.4 cm³/mol. The van der Waals surface area contributed by atoms with E-state index in [2.05, 4.69) is 16.3 Å². The summed E-state index contributed by atoms with van der Waals surface area (Å²) in [6, 6.07) is 9.02. The molecule has 5 heteroatoms. The van der Waals surface area contributed by atoms with Gasteiger partial charge in [0.25, 0.3) is 0 Å². The molecular weight excluding hydrogens is 314 g/mol. The average Bonchev–Trinajstić information content (AvgIpc) is 3.20. The highest BCUT2D eigenvalue weighted by Gasteiger charge is 2.49. The first-order valence-electron chi connectivity index (χ1n) is 9.40. The molecule has 1 aliphatic carbocycles. The molecule has 0 unspecified atom stereocenters. The van der Waals surface area contributed by atoms with Crippen molar-refractivity contribution in [2.45, 2.75) is 56.5 Å². The van der Waals surface area contributed by atoms with Gasteiger partial charge >= 0.3 is 0 Å². The fourth-order valence-electron chi connectivity index (χ4n) is 5.00. The second-order valence-electron chi connectivity index (χ2n) is 7.88. The highest BCUT2D eigenvalue weighted by Crippen LogP contribution is 2.48. The predicted octanol–water partition coefficient (Wildman–Crippen LogP) is 2.37. The van der Waals surface area contributed by atoms with Crippen LogP contribution in [-0.4, -0.2) is 53.8 Å². The summed E-state index contributed by atoms with van der Waals surface area (Å²) >= 11 is 0. The van der Waals surface area contributed by atoms with E-state index in [-0.39, 0.29) is 17.2 Å². The Balaban J connectivity index is 1.43. The smallest absolute Gasteiger partial charge is 0.235 e. The van der Waals surface area contributed by atoms with Crippen LogP contribution in [0.15, 0.2) is 24.3 Å². The molecule has 1 saturated carbocycles. The Bertz CT molecular complexity index is 694. The van der Waals surface area contributed by atoms with Gasteiger partial charge in [-0.3, -0.25) is 14.5 Å². The summed E-state index contributed by atoms with van der Waals surface area (Å²) in [5.74, 6) is 0.330. The van der Waals surface area contributed by atoms with E-state index in [4.69, 9.17) is 0 Å². The summed E-state index contributed by atoms with van der Waals surface area (Å²) in [6.45, 7) is 3.67. The lowest BCUT2D eigenvalue weighted by molar-refractivity contribution is -0.129. The van der Waals surface area contributed by atoms with Crippen molar-refractivity contribution in [3.05, 3.63) is 29.8 Å². The fourth-order valence-corrected chi connectivity index (χ4v) is 5.00. The molecule has 25 heavy (non-hydrogen) atoms. The van der Waals surface area contributed by atoms with E-state index in [9.17, 15) is 9.59 Å². The number of benzene rings is 1. The van der Waals surface area contributed by atoms with Crippen molar-refractivity contribution >= 4 is 17.5 Å². The van der Waals surface area contributed by atoms with Crippen LogP contribution in [0.1, 0.15) is 44.6 Å². The Labute approximate surface area is 149 Å². The number of nitrogens with zero attached hydrogens (tertiary/aromatic N) is 2. The van der Waals surface area contributed by atoms with Gasteiger partial charge in [0, 0.05) is 44.8 Å². The lowest BCUT2D eigenvalue weighted by Gasteiger charge is -2.39. The second kappa shape index (κ2) is 6.13. The molecule has 1 saturated heterocycles. The van der Waals surface area contributed by atoms with E-state index in [1.165, 1.54) is 5.56 Å². The Hall–Kier alpha value is -1.88. The molecule has 0 bridgehead atoms. The maximum absolute atomic E-state index is 12.7. The Morgan fingerprint density at radius 3 is 2.68 bits per heavy atom. The molecule has 3 aliphatic rings. The van der Waals surface area contributed by atoms with Gasteiger partial charge in [-0.1, -0.05) is 18.2 Å². The molecular formula is C20H27N3O2. The van der Waals surface area contributed by atoms with Crippen molar-refractivity contribution < 1.29 is 9.59 Å². The summed E-state index contributed by atoms with van der Waals surface area (Å²) in [5, 5.41) is 3.08. The SMILES string of the molecule is CC(=O)N(C)[C@@H]1CCN(C2CCC3(CC2)C(=O)Nc2ccccc23)C1. The molecule has 1 N–H and O–H groups in total. The number of likely N-dealkylation sites (N-methyl/N-ethyl adjacent to an activating group) is 1. The first-order chi connectivity index (χ1) is 12.0. The molecule has 2 amide bonds. The zero-order valence-corrected chi connectivity index (χ0v) is 15.1. The number of likely N-dealkylation sites (tertiary alicyclic amines) is 1. The largest absolute Gasteiger partial charge is 0.342 e. The Kier molecular flexibility index (Phi) is 4.07. The van der Waals surface area contributed by atoms with E-state index in [0.717, 1.165) is 50.9 Å². The zero-order valence-electron chi connectivity index (χ0n) is 15.1. The number of nitrogens with one attached hydrogen (secondary N) is 1. The molecule has 2 aliphatic heterocycles. The van der Waals surface area contributed by atoms with Crippen molar-refractivity contribution in [2.75, 3.05) is 25.5 Å². The fraction of sp³-hybridized carbons (Fsp3) is 0.600. The lowest BCUT2D eigenvalue weighted by atomic mass is 9.68. The van der Waals surface area contributed by atoms with Gasteiger partial charge < -0.3 is 10.2 Å². The summed E-state index contributed by atoms with van der Waals surface area (Å²) in [5.41, 5.74) is 1.87. The highest BCUT2D eigenvalue weighted by molar-refractivity contribution is 6.06. The van der Waals surface area contributed by atoms with Crippen LogP contribution in [0.25, 0.3) is 0 Å². The van der Waals surface area contributed by atoms with Gasteiger partial charge in [-0.2, -0.15) is 0 Å². The molecule has 2 heterocycles. The number of anilines is 1. The minimum atomic E-state index is -0.317. The van der Waals surface area contributed by atoms with E-state index >= 15 is 0 Å². The van der Waals surface area contributed by atoms with Crippen molar-refractivity contribution in [2.24, 2.45) is 0 Å². The van der Waals surface area contributed by atoms with E-state index in [1.807, 2.05) is 30.1 Å². The summed E-state index contributed by atoms with van der Waals surface area (Å²) in [4.78, 5) is 28.7. The van der Waals surface area contributed by atoms with Crippen molar-refractivity contribution in [1.29, 1.82) is 0 Å². The number of amides is 2. The normalized spacial score (nSPS) is 31.8. The molecule has 134 valence electrons. The van der Waals surface area contributed by atoms with Gasteiger partial charge in [-0.15, -0.1) is 0 Å². The van der Waals surface area contributed by atoms with Gasteiger partial charge in [0.15, 0.2) is 0 Å². The molecule has 1 atom stereocenters. The molecule has 0 radical (unpaired) electrons. The third-order valence-corrected chi connectivity index (χ3v) is 6.69. The zero-order chi connectivity index (χ0) is 17.6. The number of carbonyl (C=O) groups is 2. The maximum Gasteiger partial charge on any atom is 0.235 e. The molecule has 1 spiro atoms. The van der Waals surface area contributed by atoms with Crippen LogP contribution in [0.5, 0.6) is 0 Å². The number of rotatable bonds is 2.